The van der Waals surface area contributed by atoms with E-state index >= 15 is 0 Å². The smallest absolute Gasteiger partial charge is 0.255 e. The van der Waals surface area contributed by atoms with Crippen molar-refractivity contribution in [3.05, 3.63) is 59.7 Å². The Kier molecular flexibility index (Phi) is 7.14. The van der Waals surface area contributed by atoms with Crippen LogP contribution in [0.25, 0.3) is 0 Å². The summed E-state index contributed by atoms with van der Waals surface area (Å²) >= 11 is 0. The number of rotatable bonds is 6. The summed E-state index contributed by atoms with van der Waals surface area (Å²) in [6, 6.07) is 13.1. The third kappa shape index (κ3) is 5.45. The van der Waals surface area contributed by atoms with Crippen molar-refractivity contribution in [3.8, 4) is 0 Å². The summed E-state index contributed by atoms with van der Waals surface area (Å²) in [5.41, 5.74) is 1.17. The highest BCUT2D eigenvalue weighted by atomic mass is 32.2. The predicted octanol–water partition coefficient (Wildman–Crippen LogP) is 4.03. The molecule has 0 radical (unpaired) electrons. The van der Waals surface area contributed by atoms with Gasteiger partial charge in [-0.2, -0.15) is 4.31 Å². The number of nitrogens with one attached hydrogen (secondary N) is 2. The van der Waals surface area contributed by atoms with E-state index in [1.54, 1.807) is 24.3 Å². The van der Waals surface area contributed by atoms with Crippen molar-refractivity contribution in [2.24, 2.45) is 5.92 Å². The first-order valence-corrected chi connectivity index (χ1v) is 13.1. The molecule has 2 fully saturated rings. The van der Waals surface area contributed by atoms with E-state index in [2.05, 4.69) is 17.6 Å². The lowest BCUT2D eigenvalue weighted by molar-refractivity contribution is 0.0938. The number of nitrogens with zero attached hydrogens (tertiary/aromatic N) is 1. The molecule has 0 unspecified atom stereocenters. The topological polar surface area (TPSA) is 95.6 Å². The number of sulfonamides is 1. The second-order valence-corrected chi connectivity index (χ2v) is 11.0. The number of benzene rings is 2. The number of carbonyl (C=O) groups is 2. The number of piperidine rings is 1. The molecular weight excluding hydrogens is 438 g/mol. The lowest BCUT2D eigenvalue weighted by atomic mass is 10.0. The van der Waals surface area contributed by atoms with Crippen LogP contribution in [0.1, 0.15) is 66.2 Å². The van der Waals surface area contributed by atoms with Crippen LogP contribution >= 0.6 is 0 Å². The van der Waals surface area contributed by atoms with Gasteiger partial charge in [0.15, 0.2) is 0 Å². The molecule has 33 heavy (non-hydrogen) atoms. The fourth-order valence-corrected chi connectivity index (χ4v) is 6.21. The van der Waals surface area contributed by atoms with Crippen LogP contribution in [0.3, 0.4) is 0 Å². The van der Waals surface area contributed by atoms with Crippen LogP contribution in [0.5, 0.6) is 0 Å². The summed E-state index contributed by atoms with van der Waals surface area (Å²) in [4.78, 5) is 25.8. The molecule has 0 bridgehead atoms. The Bertz CT molecular complexity index is 1110. The first kappa shape index (κ1) is 23.4. The average molecular weight is 470 g/mol. The van der Waals surface area contributed by atoms with Gasteiger partial charge in [0.05, 0.1) is 16.1 Å². The zero-order valence-electron chi connectivity index (χ0n) is 18.9. The monoisotopic (exact) mass is 469 g/mol. The van der Waals surface area contributed by atoms with Crippen LogP contribution in [0.2, 0.25) is 0 Å². The van der Waals surface area contributed by atoms with Crippen LogP contribution in [0.15, 0.2) is 53.4 Å². The lowest BCUT2D eigenvalue weighted by Crippen LogP contribution is -2.39. The number of para-hydroxylation sites is 1. The van der Waals surface area contributed by atoms with Gasteiger partial charge in [-0.25, -0.2) is 8.42 Å². The van der Waals surface area contributed by atoms with Gasteiger partial charge in [0.25, 0.3) is 11.8 Å². The fourth-order valence-electron chi connectivity index (χ4n) is 4.61. The predicted molar refractivity (Wildman–Crippen MR) is 128 cm³/mol. The quantitative estimate of drug-likeness (QED) is 0.668. The molecule has 7 nitrogen and oxygen atoms in total. The number of anilines is 1. The number of carbonyl (C=O) groups excluding carboxylic acids is 2. The molecule has 2 N–H and O–H groups in total. The van der Waals surface area contributed by atoms with Gasteiger partial charge >= 0.3 is 0 Å². The molecule has 1 aliphatic heterocycles. The molecule has 2 aromatic carbocycles. The Morgan fingerprint density at radius 1 is 0.909 bits per heavy atom. The second-order valence-electron chi connectivity index (χ2n) is 9.09. The first-order chi connectivity index (χ1) is 15.8. The standard InChI is InChI=1S/C25H31N3O4S/c1-18-7-6-16-28(17-18)33(31,32)21-14-12-19(13-15-21)24(29)27-23-11-5-4-10-22(23)25(30)26-20-8-2-3-9-20/h4-5,10-15,18,20H,2-3,6-9,16-17H2,1H3,(H,26,30)(H,27,29)/t18-/m1/s1. The van der Waals surface area contributed by atoms with Gasteiger partial charge in [0, 0.05) is 24.7 Å². The van der Waals surface area contributed by atoms with E-state index in [1.807, 2.05) is 0 Å². The molecule has 0 aromatic heterocycles. The second kappa shape index (κ2) is 10.1. The van der Waals surface area contributed by atoms with Crippen LogP contribution in [0.4, 0.5) is 5.69 Å². The molecule has 2 aliphatic rings. The van der Waals surface area contributed by atoms with Crippen molar-refractivity contribution in [2.75, 3.05) is 18.4 Å². The van der Waals surface area contributed by atoms with Gasteiger partial charge in [-0.3, -0.25) is 9.59 Å². The Labute approximate surface area is 195 Å². The lowest BCUT2D eigenvalue weighted by Gasteiger charge is -2.30. The molecule has 1 heterocycles. The van der Waals surface area contributed by atoms with Crippen LogP contribution in [-0.2, 0) is 10.0 Å². The highest BCUT2D eigenvalue weighted by Crippen LogP contribution is 2.24. The van der Waals surface area contributed by atoms with Crippen molar-refractivity contribution in [3.63, 3.8) is 0 Å². The first-order valence-electron chi connectivity index (χ1n) is 11.7. The van der Waals surface area contributed by atoms with Crippen LogP contribution in [0, 0.1) is 5.92 Å². The van der Waals surface area contributed by atoms with Gasteiger partial charge in [-0.1, -0.05) is 31.9 Å². The minimum absolute atomic E-state index is 0.179. The Balaban J connectivity index is 1.46. The SMILES string of the molecule is C[C@@H]1CCCN(S(=O)(=O)c2ccc(C(=O)Nc3ccccc3C(=O)NC3CCCC3)cc2)C1. The van der Waals surface area contributed by atoms with E-state index in [1.165, 1.54) is 28.6 Å². The summed E-state index contributed by atoms with van der Waals surface area (Å²) in [5, 5.41) is 5.85. The summed E-state index contributed by atoms with van der Waals surface area (Å²) in [6.45, 7) is 3.10. The maximum absolute atomic E-state index is 12.9. The largest absolute Gasteiger partial charge is 0.349 e. The van der Waals surface area contributed by atoms with E-state index in [0.29, 0.717) is 35.8 Å². The van der Waals surface area contributed by atoms with Crippen molar-refractivity contribution < 1.29 is 18.0 Å². The van der Waals surface area contributed by atoms with E-state index < -0.39 is 15.9 Å². The zero-order chi connectivity index (χ0) is 23.4. The molecule has 1 saturated carbocycles. The maximum atomic E-state index is 12.9. The minimum Gasteiger partial charge on any atom is -0.349 e. The molecule has 4 rings (SSSR count). The third-order valence-corrected chi connectivity index (χ3v) is 8.36. The number of hydrogen-bond acceptors (Lipinski definition) is 4. The molecule has 1 atom stereocenters. The summed E-state index contributed by atoms with van der Waals surface area (Å²) in [6.07, 6.45) is 6.08. The maximum Gasteiger partial charge on any atom is 0.255 e. The number of amides is 2. The Morgan fingerprint density at radius 2 is 1.61 bits per heavy atom. The highest BCUT2D eigenvalue weighted by Gasteiger charge is 2.28. The molecule has 1 aliphatic carbocycles. The summed E-state index contributed by atoms with van der Waals surface area (Å²) in [5.74, 6) is -0.258. The average Bonchev–Trinajstić information content (AvgIpc) is 3.32. The minimum atomic E-state index is -3.58. The summed E-state index contributed by atoms with van der Waals surface area (Å²) in [7, 11) is -3.58. The van der Waals surface area contributed by atoms with Crippen LogP contribution in [-0.4, -0.2) is 43.7 Å². The molecule has 8 heteroatoms. The Hall–Kier alpha value is -2.71. The van der Waals surface area contributed by atoms with E-state index in [0.717, 1.165) is 38.5 Å². The van der Waals surface area contributed by atoms with Crippen LogP contribution < -0.4 is 10.6 Å². The molecule has 2 aromatic rings. The van der Waals surface area contributed by atoms with Gasteiger partial charge in [-0.05, 0) is 68.0 Å². The van der Waals surface area contributed by atoms with Crippen molar-refractivity contribution in [1.29, 1.82) is 0 Å². The zero-order valence-corrected chi connectivity index (χ0v) is 19.7. The third-order valence-electron chi connectivity index (χ3n) is 6.48. The highest BCUT2D eigenvalue weighted by molar-refractivity contribution is 7.89. The van der Waals surface area contributed by atoms with E-state index in [-0.39, 0.29) is 16.8 Å². The van der Waals surface area contributed by atoms with E-state index in [4.69, 9.17) is 0 Å². The van der Waals surface area contributed by atoms with Gasteiger partial charge < -0.3 is 10.6 Å². The van der Waals surface area contributed by atoms with E-state index in [9.17, 15) is 18.0 Å². The number of hydrogen-bond donors (Lipinski definition) is 2. The van der Waals surface area contributed by atoms with Crippen molar-refractivity contribution in [1.82, 2.24) is 9.62 Å². The molecule has 1 saturated heterocycles. The molecular formula is C25H31N3O4S. The van der Waals surface area contributed by atoms with Gasteiger partial charge in [-0.15, -0.1) is 0 Å². The van der Waals surface area contributed by atoms with Crippen molar-refractivity contribution in [2.45, 2.75) is 56.4 Å². The van der Waals surface area contributed by atoms with Gasteiger partial charge in [0.1, 0.15) is 0 Å². The summed E-state index contributed by atoms with van der Waals surface area (Å²) < 4.78 is 27.4. The molecule has 2 amide bonds. The van der Waals surface area contributed by atoms with Crippen molar-refractivity contribution >= 4 is 27.5 Å². The molecule has 176 valence electrons. The Morgan fingerprint density at radius 3 is 2.30 bits per heavy atom. The fraction of sp³-hybridized carbons (Fsp3) is 0.440. The van der Waals surface area contributed by atoms with Gasteiger partial charge in [0.2, 0.25) is 10.0 Å². The normalized spacial score (nSPS) is 19.8. The molecule has 0 spiro atoms.